The van der Waals surface area contributed by atoms with E-state index >= 15 is 0 Å². The van der Waals surface area contributed by atoms with Gasteiger partial charge in [-0.3, -0.25) is 0 Å². The van der Waals surface area contributed by atoms with Gasteiger partial charge in [-0.05, 0) is 41.4 Å². The number of aromatic nitrogens is 2. The van der Waals surface area contributed by atoms with Gasteiger partial charge in [-0.15, -0.1) is 0 Å². The first-order valence-corrected chi connectivity index (χ1v) is 4.57. The number of hydrogen-bond donors (Lipinski definition) is 0. The topological polar surface area (TPSA) is 17.3 Å². The third kappa shape index (κ3) is 1.14. The quantitative estimate of drug-likeness (QED) is 0.673. The number of hydrogen-bond acceptors (Lipinski definition) is 1. The Bertz CT molecular complexity index is 431. The standard InChI is InChI=1S/C9H9BrN2/c1-6-3-8(10)5-12-4-7(2)11-9(6)12/h3-5H,1-2H3. The summed E-state index contributed by atoms with van der Waals surface area (Å²) in [4.78, 5) is 4.40. The van der Waals surface area contributed by atoms with Gasteiger partial charge in [-0.1, -0.05) is 0 Å². The SMILES string of the molecule is Cc1cn2cc(Br)cc(C)c2n1. The molecule has 0 fully saturated rings. The number of halogens is 1. The van der Waals surface area contributed by atoms with E-state index in [4.69, 9.17) is 0 Å². The largest absolute Gasteiger partial charge is 0.305 e. The summed E-state index contributed by atoms with van der Waals surface area (Å²) >= 11 is 3.44. The Kier molecular flexibility index (Phi) is 1.68. The molecule has 0 N–H and O–H groups in total. The molecule has 2 rings (SSSR count). The van der Waals surface area contributed by atoms with Gasteiger partial charge in [-0.25, -0.2) is 4.98 Å². The van der Waals surface area contributed by atoms with Gasteiger partial charge in [0.15, 0.2) is 0 Å². The maximum atomic E-state index is 4.40. The molecule has 0 aliphatic carbocycles. The lowest BCUT2D eigenvalue weighted by molar-refractivity contribution is 1.15. The Labute approximate surface area is 79.4 Å². The fourth-order valence-electron chi connectivity index (χ4n) is 1.35. The summed E-state index contributed by atoms with van der Waals surface area (Å²) < 4.78 is 3.12. The summed E-state index contributed by atoms with van der Waals surface area (Å²) in [6, 6.07) is 2.07. The first-order valence-electron chi connectivity index (χ1n) is 3.78. The highest BCUT2D eigenvalue weighted by atomic mass is 79.9. The summed E-state index contributed by atoms with van der Waals surface area (Å²) in [5, 5.41) is 0. The Morgan fingerprint density at radius 1 is 1.33 bits per heavy atom. The maximum Gasteiger partial charge on any atom is 0.139 e. The second kappa shape index (κ2) is 2.59. The number of rotatable bonds is 0. The van der Waals surface area contributed by atoms with E-state index in [9.17, 15) is 0 Å². The highest BCUT2D eigenvalue weighted by Gasteiger charge is 2.01. The molecule has 3 heteroatoms. The summed E-state index contributed by atoms with van der Waals surface area (Å²) in [6.45, 7) is 4.06. The van der Waals surface area contributed by atoms with Gasteiger partial charge in [0.1, 0.15) is 5.65 Å². The van der Waals surface area contributed by atoms with Crippen molar-refractivity contribution in [1.82, 2.24) is 9.38 Å². The minimum Gasteiger partial charge on any atom is -0.305 e. The van der Waals surface area contributed by atoms with Crippen LogP contribution in [0, 0.1) is 13.8 Å². The van der Waals surface area contributed by atoms with Crippen molar-refractivity contribution in [2.24, 2.45) is 0 Å². The van der Waals surface area contributed by atoms with Crippen molar-refractivity contribution in [2.75, 3.05) is 0 Å². The van der Waals surface area contributed by atoms with E-state index < -0.39 is 0 Å². The molecule has 0 aliphatic heterocycles. The first kappa shape index (κ1) is 7.80. The highest BCUT2D eigenvalue weighted by Crippen LogP contribution is 2.16. The monoisotopic (exact) mass is 224 g/mol. The van der Waals surface area contributed by atoms with Crippen LogP contribution in [0.1, 0.15) is 11.3 Å². The predicted octanol–water partition coefficient (Wildman–Crippen LogP) is 2.71. The molecule has 0 amide bonds. The van der Waals surface area contributed by atoms with Crippen molar-refractivity contribution in [3.05, 3.63) is 34.2 Å². The Morgan fingerprint density at radius 3 is 2.83 bits per heavy atom. The van der Waals surface area contributed by atoms with E-state index in [0.717, 1.165) is 15.8 Å². The molecule has 0 atom stereocenters. The normalized spacial score (nSPS) is 10.9. The van der Waals surface area contributed by atoms with Gasteiger partial charge < -0.3 is 4.40 Å². The van der Waals surface area contributed by atoms with Crippen LogP contribution in [0.3, 0.4) is 0 Å². The summed E-state index contributed by atoms with van der Waals surface area (Å²) in [5.74, 6) is 0. The third-order valence-corrected chi connectivity index (χ3v) is 2.26. The van der Waals surface area contributed by atoms with Gasteiger partial charge in [0.25, 0.3) is 0 Å². The van der Waals surface area contributed by atoms with Crippen molar-refractivity contribution in [2.45, 2.75) is 13.8 Å². The molecule has 0 bridgehead atoms. The van der Waals surface area contributed by atoms with Gasteiger partial charge in [0.05, 0.1) is 5.69 Å². The third-order valence-electron chi connectivity index (χ3n) is 1.82. The fraction of sp³-hybridized carbons (Fsp3) is 0.222. The van der Waals surface area contributed by atoms with Crippen LogP contribution in [0.15, 0.2) is 22.9 Å². The van der Waals surface area contributed by atoms with E-state index in [-0.39, 0.29) is 0 Å². The molecule has 0 spiro atoms. The van der Waals surface area contributed by atoms with Crippen LogP contribution < -0.4 is 0 Å². The van der Waals surface area contributed by atoms with Crippen LogP contribution >= 0.6 is 15.9 Å². The summed E-state index contributed by atoms with van der Waals surface area (Å²) in [6.07, 6.45) is 4.04. The smallest absolute Gasteiger partial charge is 0.139 e. The molecule has 2 aromatic rings. The van der Waals surface area contributed by atoms with Crippen LogP contribution in [0.2, 0.25) is 0 Å². The first-order chi connectivity index (χ1) is 5.66. The molecule has 0 radical (unpaired) electrons. The second-order valence-electron chi connectivity index (χ2n) is 2.95. The molecular formula is C9H9BrN2. The lowest BCUT2D eigenvalue weighted by atomic mass is 10.3. The van der Waals surface area contributed by atoms with Gasteiger partial charge in [-0.2, -0.15) is 0 Å². The van der Waals surface area contributed by atoms with E-state index in [1.807, 2.05) is 23.7 Å². The van der Waals surface area contributed by atoms with Gasteiger partial charge in [0.2, 0.25) is 0 Å². The van der Waals surface area contributed by atoms with Crippen molar-refractivity contribution < 1.29 is 0 Å². The molecule has 2 aromatic heterocycles. The predicted molar refractivity (Wildman–Crippen MR) is 52.4 cm³/mol. The number of imidazole rings is 1. The number of pyridine rings is 1. The van der Waals surface area contributed by atoms with Crippen LogP contribution in [0.4, 0.5) is 0 Å². The minimum atomic E-state index is 1.04. The zero-order chi connectivity index (χ0) is 8.72. The Morgan fingerprint density at radius 2 is 2.08 bits per heavy atom. The fourth-order valence-corrected chi connectivity index (χ4v) is 1.91. The molecule has 2 heterocycles. The van der Waals surface area contributed by atoms with E-state index in [2.05, 4.69) is 33.9 Å². The van der Waals surface area contributed by atoms with E-state index in [1.54, 1.807) is 0 Å². The zero-order valence-electron chi connectivity index (χ0n) is 7.00. The van der Waals surface area contributed by atoms with Crippen LogP contribution in [-0.4, -0.2) is 9.38 Å². The average Bonchev–Trinajstić information content (AvgIpc) is 2.29. The van der Waals surface area contributed by atoms with Crippen molar-refractivity contribution >= 4 is 21.6 Å². The zero-order valence-corrected chi connectivity index (χ0v) is 8.59. The molecule has 0 saturated heterocycles. The lowest BCUT2D eigenvalue weighted by Gasteiger charge is -1.97. The summed E-state index contributed by atoms with van der Waals surface area (Å²) in [5.41, 5.74) is 3.28. The molecular weight excluding hydrogens is 216 g/mol. The van der Waals surface area contributed by atoms with Crippen LogP contribution in [0.5, 0.6) is 0 Å². The number of nitrogens with zero attached hydrogens (tertiary/aromatic N) is 2. The lowest BCUT2D eigenvalue weighted by Crippen LogP contribution is -1.86. The number of aryl methyl sites for hydroxylation is 2. The molecule has 0 saturated carbocycles. The molecule has 0 aromatic carbocycles. The van der Waals surface area contributed by atoms with Crippen LogP contribution in [-0.2, 0) is 0 Å². The van der Waals surface area contributed by atoms with Crippen molar-refractivity contribution in [3.63, 3.8) is 0 Å². The van der Waals surface area contributed by atoms with Crippen molar-refractivity contribution in [1.29, 1.82) is 0 Å². The highest BCUT2D eigenvalue weighted by molar-refractivity contribution is 9.10. The molecule has 12 heavy (non-hydrogen) atoms. The molecule has 62 valence electrons. The maximum absolute atomic E-state index is 4.40. The van der Waals surface area contributed by atoms with Crippen LogP contribution in [0.25, 0.3) is 5.65 Å². The number of fused-ring (bicyclic) bond motifs is 1. The minimum absolute atomic E-state index is 1.04. The van der Waals surface area contributed by atoms with E-state index in [1.165, 1.54) is 5.56 Å². The molecule has 0 aliphatic rings. The van der Waals surface area contributed by atoms with Crippen molar-refractivity contribution in [3.8, 4) is 0 Å². The Balaban J connectivity index is 2.88. The van der Waals surface area contributed by atoms with E-state index in [0.29, 0.717) is 0 Å². The molecule has 2 nitrogen and oxygen atoms in total. The van der Waals surface area contributed by atoms with Gasteiger partial charge >= 0.3 is 0 Å². The van der Waals surface area contributed by atoms with Gasteiger partial charge in [0, 0.05) is 16.9 Å². The average molecular weight is 225 g/mol. The Hall–Kier alpha value is -0.830. The summed E-state index contributed by atoms with van der Waals surface area (Å²) in [7, 11) is 0. The molecule has 0 unspecified atom stereocenters. The second-order valence-corrected chi connectivity index (χ2v) is 3.87.